The van der Waals surface area contributed by atoms with E-state index in [1.54, 1.807) is 0 Å². The summed E-state index contributed by atoms with van der Waals surface area (Å²) in [5.41, 5.74) is 0.944. The van der Waals surface area contributed by atoms with Crippen LogP contribution in [0.25, 0.3) is 10.9 Å². The maximum absolute atomic E-state index is 12.7. The van der Waals surface area contributed by atoms with Crippen LogP contribution in [0.5, 0.6) is 5.88 Å². The van der Waals surface area contributed by atoms with Crippen molar-refractivity contribution in [3.05, 3.63) is 36.4 Å². The lowest BCUT2D eigenvalue weighted by atomic mass is 9.76. The highest BCUT2D eigenvalue weighted by Crippen LogP contribution is 2.35. The summed E-state index contributed by atoms with van der Waals surface area (Å²) in [7, 11) is 0. The summed E-state index contributed by atoms with van der Waals surface area (Å²) in [5, 5.41) is 1.11. The van der Waals surface area contributed by atoms with Crippen LogP contribution >= 0.6 is 0 Å². The normalized spacial score (nSPS) is 23.9. The zero-order valence-corrected chi connectivity index (χ0v) is 15.7. The Hall–Kier alpha value is -2.10. The van der Waals surface area contributed by atoms with Crippen LogP contribution < -0.4 is 4.74 Å². The molecule has 0 spiro atoms. The van der Waals surface area contributed by atoms with Gasteiger partial charge in [0.25, 0.3) is 0 Å². The average molecular weight is 352 g/mol. The first-order valence-electron chi connectivity index (χ1n) is 9.91. The number of hydrogen-bond acceptors (Lipinski definition) is 3. The Kier molecular flexibility index (Phi) is 4.84. The molecule has 1 aromatic heterocycles. The SMILES string of the molecule is CC(C)C1CCC(C(=O)N2CC(Oc3ccc4ccccc4n3)C2)CC1. The van der Waals surface area contributed by atoms with E-state index in [1.807, 2.05) is 41.3 Å². The predicted octanol–water partition coefficient (Wildman–Crippen LogP) is 4.29. The third-order valence-corrected chi connectivity index (χ3v) is 6.08. The van der Waals surface area contributed by atoms with Crippen LogP contribution in [0.1, 0.15) is 39.5 Å². The Morgan fingerprint density at radius 3 is 2.54 bits per heavy atom. The highest BCUT2D eigenvalue weighted by molar-refractivity contribution is 5.80. The van der Waals surface area contributed by atoms with Gasteiger partial charge in [-0.25, -0.2) is 4.98 Å². The maximum Gasteiger partial charge on any atom is 0.225 e. The molecule has 0 unspecified atom stereocenters. The topological polar surface area (TPSA) is 42.4 Å². The van der Waals surface area contributed by atoms with Crippen LogP contribution in [0.15, 0.2) is 36.4 Å². The number of carbonyl (C=O) groups is 1. The van der Waals surface area contributed by atoms with Crippen molar-refractivity contribution in [2.75, 3.05) is 13.1 Å². The van der Waals surface area contributed by atoms with Gasteiger partial charge in [0.05, 0.1) is 18.6 Å². The van der Waals surface area contributed by atoms with Gasteiger partial charge in [-0.1, -0.05) is 32.0 Å². The van der Waals surface area contributed by atoms with Gasteiger partial charge in [0.2, 0.25) is 11.8 Å². The number of carbonyl (C=O) groups excluding carboxylic acids is 1. The van der Waals surface area contributed by atoms with Crippen LogP contribution in [0.2, 0.25) is 0 Å². The number of aromatic nitrogens is 1. The van der Waals surface area contributed by atoms with Crippen LogP contribution in [0, 0.1) is 17.8 Å². The first kappa shape index (κ1) is 17.3. The molecule has 1 saturated carbocycles. The average Bonchev–Trinajstić information content (AvgIpc) is 2.63. The van der Waals surface area contributed by atoms with Gasteiger partial charge in [-0.3, -0.25) is 4.79 Å². The number of pyridine rings is 1. The van der Waals surface area contributed by atoms with Crippen molar-refractivity contribution in [3.63, 3.8) is 0 Å². The molecule has 1 aromatic carbocycles. The number of amides is 1. The van der Waals surface area contributed by atoms with Crippen LogP contribution in [-0.4, -0.2) is 35.0 Å². The van der Waals surface area contributed by atoms with Crippen molar-refractivity contribution < 1.29 is 9.53 Å². The maximum atomic E-state index is 12.7. The molecule has 4 nitrogen and oxygen atoms in total. The Balaban J connectivity index is 1.27. The summed E-state index contributed by atoms with van der Waals surface area (Å²) in [5.74, 6) is 2.74. The lowest BCUT2D eigenvalue weighted by Crippen LogP contribution is -2.57. The zero-order valence-electron chi connectivity index (χ0n) is 15.7. The van der Waals surface area contributed by atoms with E-state index in [1.165, 1.54) is 12.8 Å². The number of para-hydroxylation sites is 1. The molecule has 0 atom stereocenters. The van der Waals surface area contributed by atoms with Crippen LogP contribution in [0.4, 0.5) is 0 Å². The third kappa shape index (κ3) is 3.55. The van der Waals surface area contributed by atoms with Gasteiger partial charge in [0, 0.05) is 17.4 Å². The summed E-state index contributed by atoms with van der Waals surface area (Å²) < 4.78 is 5.97. The minimum Gasteiger partial charge on any atom is -0.471 e. The standard InChI is InChI=1S/C22H28N2O2/c1-15(2)16-7-9-18(10-8-16)22(25)24-13-19(14-24)26-21-12-11-17-5-3-4-6-20(17)23-21/h3-6,11-12,15-16,18-19H,7-10,13-14H2,1-2H3. The zero-order chi connectivity index (χ0) is 18.1. The number of fused-ring (bicyclic) bond motifs is 1. The Morgan fingerprint density at radius 1 is 1.08 bits per heavy atom. The number of hydrogen-bond donors (Lipinski definition) is 0. The Labute approximate surface area is 155 Å². The number of benzene rings is 1. The molecule has 1 aliphatic carbocycles. The molecule has 0 bridgehead atoms. The van der Waals surface area contributed by atoms with Gasteiger partial charge in [-0.2, -0.15) is 0 Å². The molecule has 0 N–H and O–H groups in total. The highest BCUT2D eigenvalue weighted by atomic mass is 16.5. The minimum atomic E-state index is 0.0691. The summed E-state index contributed by atoms with van der Waals surface area (Å²) >= 11 is 0. The minimum absolute atomic E-state index is 0.0691. The number of nitrogens with zero attached hydrogens (tertiary/aromatic N) is 2. The van der Waals surface area contributed by atoms with Crippen LogP contribution in [0.3, 0.4) is 0 Å². The molecule has 1 saturated heterocycles. The van der Waals surface area contributed by atoms with E-state index in [2.05, 4.69) is 18.8 Å². The summed E-state index contributed by atoms with van der Waals surface area (Å²) in [6, 6.07) is 12.0. The third-order valence-electron chi connectivity index (χ3n) is 6.08. The number of rotatable bonds is 4. The second kappa shape index (κ2) is 7.26. The van der Waals surface area contributed by atoms with E-state index in [0.717, 1.165) is 35.6 Å². The molecule has 1 amide bonds. The monoisotopic (exact) mass is 352 g/mol. The summed E-state index contributed by atoms with van der Waals surface area (Å²) in [4.78, 5) is 19.2. The smallest absolute Gasteiger partial charge is 0.225 e. The van der Waals surface area contributed by atoms with Gasteiger partial charge in [-0.15, -0.1) is 0 Å². The van der Waals surface area contributed by atoms with E-state index >= 15 is 0 Å². The highest BCUT2D eigenvalue weighted by Gasteiger charge is 2.37. The second-order valence-electron chi connectivity index (χ2n) is 8.18. The van der Waals surface area contributed by atoms with E-state index in [9.17, 15) is 4.79 Å². The molecule has 2 aromatic rings. The lowest BCUT2D eigenvalue weighted by molar-refractivity contribution is -0.146. The first-order valence-corrected chi connectivity index (χ1v) is 9.91. The van der Waals surface area contributed by atoms with Gasteiger partial charge in [-0.05, 0) is 49.7 Å². The molecule has 0 radical (unpaired) electrons. The first-order chi connectivity index (χ1) is 12.6. The van der Waals surface area contributed by atoms with Crippen molar-refractivity contribution in [1.29, 1.82) is 0 Å². The van der Waals surface area contributed by atoms with Gasteiger partial charge < -0.3 is 9.64 Å². The summed E-state index contributed by atoms with van der Waals surface area (Å²) in [6.07, 6.45) is 4.57. The predicted molar refractivity (Wildman–Crippen MR) is 103 cm³/mol. The molecule has 2 aliphatic rings. The van der Waals surface area contributed by atoms with E-state index < -0.39 is 0 Å². The van der Waals surface area contributed by atoms with Crippen LogP contribution in [-0.2, 0) is 4.79 Å². The van der Waals surface area contributed by atoms with E-state index in [-0.39, 0.29) is 12.0 Å². The second-order valence-corrected chi connectivity index (χ2v) is 8.18. The van der Waals surface area contributed by atoms with Gasteiger partial charge in [0.15, 0.2) is 0 Å². The van der Waals surface area contributed by atoms with Crippen molar-refractivity contribution >= 4 is 16.8 Å². The van der Waals surface area contributed by atoms with Gasteiger partial charge in [0.1, 0.15) is 6.10 Å². The molecule has 4 heteroatoms. The fourth-order valence-corrected chi connectivity index (χ4v) is 4.27. The van der Waals surface area contributed by atoms with Crippen molar-refractivity contribution in [1.82, 2.24) is 9.88 Å². The molecule has 2 fully saturated rings. The number of ether oxygens (including phenoxy) is 1. The number of likely N-dealkylation sites (tertiary alicyclic amines) is 1. The molecular weight excluding hydrogens is 324 g/mol. The molecule has 26 heavy (non-hydrogen) atoms. The lowest BCUT2D eigenvalue weighted by Gasteiger charge is -2.41. The summed E-state index contributed by atoms with van der Waals surface area (Å²) in [6.45, 7) is 5.98. The quantitative estimate of drug-likeness (QED) is 0.824. The van der Waals surface area contributed by atoms with Crippen molar-refractivity contribution in [2.45, 2.75) is 45.6 Å². The van der Waals surface area contributed by atoms with Crippen molar-refractivity contribution in [3.8, 4) is 5.88 Å². The van der Waals surface area contributed by atoms with Crippen molar-refractivity contribution in [2.24, 2.45) is 17.8 Å². The Morgan fingerprint density at radius 2 is 1.81 bits per heavy atom. The fraction of sp³-hybridized carbons (Fsp3) is 0.545. The van der Waals surface area contributed by atoms with Gasteiger partial charge >= 0.3 is 0 Å². The fourth-order valence-electron chi connectivity index (χ4n) is 4.27. The molecule has 138 valence electrons. The molecule has 1 aliphatic heterocycles. The molecular formula is C22H28N2O2. The Bertz CT molecular complexity index is 775. The van der Waals surface area contributed by atoms with E-state index in [0.29, 0.717) is 24.9 Å². The largest absolute Gasteiger partial charge is 0.471 e. The molecule has 4 rings (SSSR count). The molecule has 2 heterocycles. The van der Waals surface area contributed by atoms with E-state index in [4.69, 9.17) is 4.74 Å².